The second kappa shape index (κ2) is 7.53. The minimum absolute atomic E-state index is 0.0591. The number of carbonyl (C=O) groups is 1. The van der Waals surface area contributed by atoms with Crippen LogP contribution in [-0.2, 0) is 9.53 Å². The summed E-state index contributed by atoms with van der Waals surface area (Å²) in [7, 11) is 1.58. The number of hydrogen-bond acceptors (Lipinski definition) is 3. The number of ether oxygens (including phenoxy) is 1. The SMILES string of the molecule is COC/C=C/C(=O)N1CCC(C)C[C@H]1C#CC#N. The average Bonchev–Trinajstić information content (AvgIpc) is 2.36. The van der Waals surface area contributed by atoms with Crippen molar-refractivity contribution in [2.75, 3.05) is 20.3 Å². The molecule has 1 aliphatic heterocycles. The summed E-state index contributed by atoms with van der Waals surface area (Å²) in [6.07, 6.45) is 5.02. The quantitative estimate of drug-likeness (QED) is 0.558. The molecule has 2 atom stereocenters. The third kappa shape index (κ3) is 4.24. The van der Waals surface area contributed by atoms with Crippen molar-refractivity contribution < 1.29 is 9.53 Å². The molecule has 96 valence electrons. The molecule has 1 saturated heterocycles. The Labute approximate surface area is 108 Å². The Balaban J connectivity index is 2.71. The van der Waals surface area contributed by atoms with Gasteiger partial charge in [-0.1, -0.05) is 18.9 Å². The number of piperidine rings is 1. The summed E-state index contributed by atoms with van der Waals surface area (Å²) < 4.78 is 4.86. The lowest BCUT2D eigenvalue weighted by Gasteiger charge is -2.35. The third-order valence-electron chi connectivity index (χ3n) is 2.97. The van der Waals surface area contributed by atoms with Crippen LogP contribution in [0.15, 0.2) is 12.2 Å². The van der Waals surface area contributed by atoms with Gasteiger partial charge in [0, 0.05) is 25.7 Å². The molecule has 4 nitrogen and oxygen atoms in total. The smallest absolute Gasteiger partial charge is 0.247 e. The van der Waals surface area contributed by atoms with E-state index in [0.717, 1.165) is 12.8 Å². The zero-order chi connectivity index (χ0) is 13.4. The van der Waals surface area contributed by atoms with E-state index in [4.69, 9.17) is 10.00 Å². The Kier molecular flexibility index (Phi) is 5.97. The van der Waals surface area contributed by atoms with E-state index in [0.29, 0.717) is 19.1 Å². The van der Waals surface area contributed by atoms with Crippen LogP contribution in [0.25, 0.3) is 0 Å². The number of carbonyl (C=O) groups excluding carboxylic acids is 1. The van der Waals surface area contributed by atoms with Crippen LogP contribution in [0.2, 0.25) is 0 Å². The summed E-state index contributed by atoms with van der Waals surface area (Å²) in [6.45, 7) is 3.26. The van der Waals surface area contributed by atoms with Crippen LogP contribution in [0.4, 0.5) is 0 Å². The molecular formula is C14H18N2O2. The van der Waals surface area contributed by atoms with Crippen LogP contribution in [-0.4, -0.2) is 37.1 Å². The molecule has 0 radical (unpaired) electrons. The number of likely N-dealkylation sites (tertiary alicyclic amines) is 1. The predicted octanol–water partition coefficient (Wildman–Crippen LogP) is 1.34. The van der Waals surface area contributed by atoms with E-state index < -0.39 is 0 Å². The van der Waals surface area contributed by atoms with Gasteiger partial charge in [-0.3, -0.25) is 4.79 Å². The second-order valence-electron chi connectivity index (χ2n) is 4.42. The molecule has 1 unspecified atom stereocenters. The second-order valence-corrected chi connectivity index (χ2v) is 4.42. The van der Waals surface area contributed by atoms with Gasteiger partial charge in [-0.25, -0.2) is 0 Å². The van der Waals surface area contributed by atoms with Crippen LogP contribution < -0.4 is 0 Å². The molecule has 1 amide bonds. The number of nitrogens with zero attached hydrogens (tertiary/aromatic N) is 2. The van der Waals surface area contributed by atoms with Gasteiger partial charge < -0.3 is 9.64 Å². The molecule has 1 aliphatic rings. The van der Waals surface area contributed by atoms with Gasteiger partial charge in [0.25, 0.3) is 0 Å². The van der Waals surface area contributed by atoms with Crippen LogP contribution in [0, 0.1) is 29.1 Å². The van der Waals surface area contributed by atoms with E-state index in [1.54, 1.807) is 24.2 Å². The summed E-state index contributed by atoms with van der Waals surface area (Å²) in [5.41, 5.74) is 0. The van der Waals surface area contributed by atoms with Crippen LogP contribution in [0.3, 0.4) is 0 Å². The molecule has 0 aromatic rings. The van der Waals surface area contributed by atoms with Gasteiger partial charge in [-0.2, -0.15) is 5.26 Å². The Morgan fingerprint density at radius 1 is 1.61 bits per heavy atom. The van der Waals surface area contributed by atoms with Gasteiger partial charge in [-0.05, 0) is 18.8 Å². The lowest BCUT2D eigenvalue weighted by Crippen LogP contribution is -2.44. The normalized spacial score (nSPS) is 23.3. The third-order valence-corrected chi connectivity index (χ3v) is 2.97. The minimum atomic E-state index is -0.145. The molecule has 18 heavy (non-hydrogen) atoms. The highest BCUT2D eigenvalue weighted by Gasteiger charge is 2.27. The molecule has 1 fully saturated rings. The number of methoxy groups -OCH3 is 1. The topological polar surface area (TPSA) is 53.3 Å². The zero-order valence-electron chi connectivity index (χ0n) is 10.8. The fraction of sp³-hybridized carbons (Fsp3) is 0.571. The summed E-state index contributed by atoms with van der Waals surface area (Å²) >= 11 is 0. The predicted molar refractivity (Wildman–Crippen MR) is 68.3 cm³/mol. The monoisotopic (exact) mass is 246 g/mol. The standard InChI is InChI=1S/C14H18N2O2/c1-12-7-9-16(13(11-12)5-3-8-15)14(17)6-4-10-18-2/h4,6,12-13H,7,9-11H2,1-2H3/b6-4+/t12?,13-/m1/s1. The zero-order valence-corrected chi connectivity index (χ0v) is 10.8. The number of rotatable bonds is 3. The minimum Gasteiger partial charge on any atom is -0.381 e. The molecule has 0 N–H and O–H groups in total. The lowest BCUT2D eigenvalue weighted by atomic mass is 9.92. The maximum Gasteiger partial charge on any atom is 0.247 e. The highest BCUT2D eigenvalue weighted by Crippen LogP contribution is 2.22. The summed E-state index contributed by atoms with van der Waals surface area (Å²) in [5, 5.41) is 8.50. The molecular weight excluding hydrogens is 228 g/mol. The maximum absolute atomic E-state index is 12.0. The van der Waals surface area contributed by atoms with E-state index in [2.05, 4.69) is 18.8 Å². The van der Waals surface area contributed by atoms with Crippen molar-refractivity contribution in [3.05, 3.63) is 12.2 Å². The van der Waals surface area contributed by atoms with Crippen molar-refractivity contribution in [3.63, 3.8) is 0 Å². The Morgan fingerprint density at radius 3 is 3.06 bits per heavy atom. The highest BCUT2D eigenvalue weighted by molar-refractivity contribution is 5.88. The largest absolute Gasteiger partial charge is 0.381 e. The van der Waals surface area contributed by atoms with E-state index in [-0.39, 0.29) is 11.9 Å². The summed E-state index contributed by atoms with van der Waals surface area (Å²) in [4.78, 5) is 13.7. The molecule has 1 heterocycles. The fourth-order valence-electron chi connectivity index (χ4n) is 2.00. The van der Waals surface area contributed by atoms with Crippen LogP contribution in [0.5, 0.6) is 0 Å². The molecule has 0 aromatic heterocycles. The van der Waals surface area contributed by atoms with Crippen molar-refractivity contribution in [3.8, 4) is 17.9 Å². The first kappa shape index (κ1) is 14.3. The Morgan fingerprint density at radius 2 is 2.39 bits per heavy atom. The van der Waals surface area contributed by atoms with Crippen molar-refractivity contribution >= 4 is 5.91 Å². The van der Waals surface area contributed by atoms with Crippen molar-refractivity contribution in [2.45, 2.75) is 25.8 Å². The number of hydrogen-bond donors (Lipinski definition) is 0. The van der Waals surface area contributed by atoms with Gasteiger partial charge in [0.2, 0.25) is 5.91 Å². The van der Waals surface area contributed by atoms with Gasteiger partial charge in [0.15, 0.2) is 6.07 Å². The highest BCUT2D eigenvalue weighted by atomic mass is 16.5. The first-order valence-corrected chi connectivity index (χ1v) is 6.04. The molecule has 4 heteroatoms. The van der Waals surface area contributed by atoms with Gasteiger partial charge in [0.05, 0.1) is 12.6 Å². The van der Waals surface area contributed by atoms with Crippen molar-refractivity contribution in [1.82, 2.24) is 4.90 Å². The van der Waals surface area contributed by atoms with Crippen molar-refractivity contribution in [1.29, 1.82) is 5.26 Å². The lowest BCUT2D eigenvalue weighted by molar-refractivity contribution is -0.128. The van der Waals surface area contributed by atoms with Gasteiger partial charge >= 0.3 is 0 Å². The maximum atomic E-state index is 12.0. The Hall–Kier alpha value is -1.78. The van der Waals surface area contributed by atoms with E-state index in [1.807, 2.05) is 0 Å². The summed E-state index contributed by atoms with van der Waals surface area (Å²) in [6, 6.07) is 1.66. The van der Waals surface area contributed by atoms with E-state index in [9.17, 15) is 4.79 Å². The molecule has 1 rings (SSSR count). The number of nitriles is 1. The van der Waals surface area contributed by atoms with Crippen molar-refractivity contribution in [2.24, 2.45) is 5.92 Å². The van der Waals surface area contributed by atoms with E-state index >= 15 is 0 Å². The number of amides is 1. The Bertz CT molecular complexity index is 412. The molecule has 0 spiro atoms. The molecule has 0 aromatic carbocycles. The summed E-state index contributed by atoms with van der Waals surface area (Å²) in [5.74, 6) is 5.73. The fourth-order valence-corrected chi connectivity index (χ4v) is 2.00. The van der Waals surface area contributed by atoms with Crippen LogP contribution >= 0.6 is 0 Å². The average molecular weight is 246 g/mol. The molecule has 0 saturated carbocycles. The van der Waals surface area contributed by atoms with Gasteiger partial charge in [0.1, 0.15) is 0 Å². The van der Waals surface area contributed by atoms with Crippen LogP contribution in [0.1, 0.15) is 19.8 Å². The van der Waals surface area contributed by atoms with Gasteiger partial charge in [-0.15, -0.1) is 0 Å². The van der Waals surface area contributed by atoms with E-state index in [1.165, 1.54) is 6.08 Å². The first-order valence-electron chi connectivity index (χ1n) is 6.04. The molecule has 0 bridgehead atoms. The molecule has 0 aliphatic carbocycles. The first-order chi connectivity index (χ1) is 8.69.